The number of anilines is 1. The molecule has 2 amide bonds. The average Bonchev–Trinajstić information content (AvgIpc) is 3.44. The van der Waals surface area contributed by atoms with E-state index in [1.807, 2.05) is 31.4 Å². The second kappa shape index (κ2) is 10.5. The van der Waals surface area contributed by atoms with Crippen LogP contribution in [0.3, 0.4) is 0 Å². The van der Waals surface area contributed by atoms with E-state index in [1.54, 1.807) is 17.2 Å². The van der Waals surface area contributed by atoms with Gasteiger partial charge in [-0.1, -0.05) is 23.7 Å². The monoisotopic (exact) mass is 526 g/mol. The second-order valence-electron chi connectivity index (χ2n) is 9.07. The molecule has 5 rings (SSSR count). The van der Waals surface area contributed by atoms with Gasteiger partial charge in [-0.3, -0.25) is 9.59 Å². The predicted octanol–water partition coefficient (Wildman–Crippen LogP) is 3.99. The number of fused-ring (bicyclic) bond motifs is 1. The first kappa shape index (κ1) is 24.6. The number of hydrogen-bond acceptors (Lipinski definition) is 8. The lowest BCUT2D eigenvalue weighted by atomic mass is 10.0. The molecule has 2 aliphatic heterocycles. The normalized spacial score (nSPS) is 16.6. The molecule has 0 aliphatic carbocycles. The van der Waals surface area contributed by atoms with Gasteiger partial charge in [0.15, 0.2) is 0 Å². The quantitative estimate of drug-likeness (QED) is 0.479. The molecular weight excluding hydrogens is 500 g/mol. The number of halogens is 1. The van der Waals surface area contributed by atoms with Crippen molar-refractivity contribution in [1.82, 2.24) is 25.2 Å². The Morgan fingerprint density at radius 2 is 2.11 bits per heavy atom. The topological polar surface area (TPSA) is 109 Å². The third kappa shape index (κ3) is 5.35. The highest BCUT2D eigenvalue weighted by molar-refractivity contribution is 7.09. The smallest absolute Gasteiger partial charge is 0.254 e. The Bertz CT molecular complexity index is 1290. The molecule has 188 valence electrons. The summed E-state index contributed by atoms with van der Waals surface area (Å²) < 4.78 is 5.41. The van der Waals surface area contributed by atoms with Gasteiger partial charge in [-0.05, 0) is 38.3 Å². The number of hydrogen-bond donors (Lipinski definition) is 2. The number of nitrogens with one attached hydrogen (secondary N) is 2. The van der Waals surface area contributed by atoms with Gasteiger partial charge in [-0.25, -0.2) is 15.0 Å². The number of thiazole rings is 1. The molecule has 0 radical (unpaired) electrons. The van der Waals surface area contributed by atoms with E-state index in [4.69, 9.17) is 16.3 Å². The molecule has 2 aliphatic rings. The molecule has 1 unspecified atom stereocenters. The Balaban J connectivity index is 1.27. The fourth-order valence-electron chi connectivity index (χ4n) is 4.39. The number of carbonyl (C=O) groups is 2. The molecular formula is C25H27ClN6O3S. The van der Waals surface area contributed by atoms with Crippen LogP contribution in [-0.4, -0.2) is 57.5 Å². The minimum absolute atomic E-state index is 0.0228. The predicted molar refractivity (Wildman–Crippen MR) is 138 cm³/mol. The van der Waals surface area contributed by atoms with Crippen LogP contribution in [0.2, 0.25) is 5.02 Å². The van der Waals surface area contributed by atoms with Crippen molar-refractivity contribution in [3.63, 3.8) is 0 Å². The van der Waals surface area contributed by atoms with Gasteiger partial charge < -0.3 is 20.3 Å². The van der Waals surface area contributed by atoms with E-state index in [0.717, 1.165) is 34.7 Å². The highest BCUT2D eigenvalue weighted by atomic mass is 35.5. The zero-order chi connectivity index (χ0) is 25.2. The Kier molecular flexibility index (Phi) is 7.17. The van der Waals surface area contributed by atoms with Crippen molar-refractivity contribution in [2.75, 3.05) is 25.1 Å². The van der Waals surface area contributed by atoms with Gasteiger partial charge in [-0.2, -0.15) is 0 Å². The molecule has 1 saturated heterocycles. The molecule has 0 spiro atoms. The first-order valence-corrected chi connectivity index (χ1v) is 13.1. The number of carbonyl (C=O) groups excluding carboxylic acids is 2. The number of nitrogens with zero attached hydrogens (tertiary/aromatic N) is 4. The maximum absolute atomic E-state index is 13.1. The number of rotatable bonds is 7. The molecule has 3 aromatic rings. The van der Waals surface area contributed by atoms with E-state index in [2.05, 4.69) is 25.6 Å². The Hall–Kier alpha value is -3.08. The summed E-state index contributed by atoms with van der Waals surface area (Å²) in [4.78, 5) is 40.7. The van der Waals surface area contributed by atoms with Crippen LogP contribution in [0.25, 0.3) is 11.3 Å². The minimum Gasteiger partial charge on any atom is -0.381 e. The molecule has 9 nitrogen and oxygen atoms in total. The summed E-state index contributed by atoms with van der Waals surface area (Å²) >= 11 is 7.94. The standard InChI is InChI=1S/C25H27ClN6O3S/c1-14-13-36-23(28-14)15(2)29-21(33)12-32-11-17-4-3-16(9-19(17)24(32)34)22-20(26)10-27-25(31-22)30-18-5-7-35-8-6-18/h3-4,9-10,13,15,18H,5-8,11-12H2,1-2H3,(H,29,33)(H,27,30,31). The van der Waals surface area contributed by atoms with Gasteiger partial charge in [0.1, 0.15) is 11.6 Å². The first-order chi connectivity index (χ1) is 17.4. The molecule has 0 saturated carbocycles. The lowest BCUT2D eigenvalue weighted by Crippen LogP contribution is -2.38. The summed E-state index contributed by atoms with van der Waals surface area (Å²) in [6, 6.07) is 5.62. The highest BCUT2D eigenvalue weighted by Gasteiger charge is 2.30. The van der Waals surface area contributed by atoms with Crippen molar-refractivity contribution in [3.8, 4) is 11.3 Å². The number of aromatic nitrogens is 3. The molecule has 0 bridgehead atoms. The maximum atomic E-state index is 13.1. The number of benzene rings is 1. The number of aryl methyl sites for hydroxylation is 1. The van der Waals surface area contributed by atoms with E-state index in [-0.39, 0.29) is 30.4 Å². The van der Waals surface area contributed by atoms with E-state index >= 15 is 0 Å². The van der Waals surface area contributed by atoms with E-state index in [1.165, 1.54) is 11.3 Å². The molecule has 2 N–H and O–H groups in total. The summed E-state index contributed by atoms with van der Waals surface area (Å²) in [5.41, 5.74) is 3.62. The molecule has 36 heavy (non-hydrogen) atoms. The maximum Gasteiger partial charge on any atom is 0.254 e. The zero-order valence-electron chi connectivity index (χ0n) is 20.1. The Morgan fingerprint density at radius 3 is 2.86 bits per heavy atom. The fourth-order valence-corrected chi connectivity index (χ4v) is 5.40. The summed E-state index contributed by atoms with van der Waals surface area (Å²) in [5, 5.41) is 9.48. The Morgan fingerprint density at radius 1 is 1.31 bits per heavy atom. The summed E-state index contributed by atoms with van der Waals surface area (Å²) in [6.45, 7) is 5.58. The number of ether oxygens (including phenoxy) is 1. The third-order valence-corrected chi connectivity index (χ3v) is 7.70. The van der Waals surface area contributed by atoms with Gasteiger partial charge in [0.05, 0.1) is 23.0 Å². The molecule has 4 heterocycles. The lowest BCUT2D eigenvalue weighted by molar-refractivity contribution is -0.122. The molecule has 11 heteroatoms. The van der Waals surface area contributed by atoms with E-state index in [9.17, 15) is 9.59 Å². The minimum atomic E-state index is -0.223. The van der Waals surface area contributed by atoms with Crippen LogP contribution in [-0.2, 0) is 16.1 Å². The number of amides is 2. The van der Waals surface area contributed by atoms with Crippen LogP contribution in [0.1, 0.15) is 52.4 Å². The third-order valence-electron chi connectivity index (χ3n) is 6.28. The van der Waals surface area contributed by atoms with E-state index in [0.29, 0.717) is 42.0 Å². The van der Waals surface area contributed by atoms with Crippen molar-refractivity contribution in [2.45, 2.75) is 45.3 Å². The summed E-state index contributed by atoms with van der Waals surface area (Å²) in [5.74, 6) is 0.0841. The SMILES string of the molecule is Cc1csc(C(C)NC(=O)CN2Cc3ccc(-c4nc(NC5CCOCC5)ncc4Cl)cc3C2=O)n1. The van der Waals surface area contributed by atoms with Crippen molar-refractivity contribution in [1.29, 1.82) is 0 Å². The van der Waals surface area contributed by atoms with Gasteiger partial charge in [-0.15, -0.1) is 11.3 Å². The van der Waals surface area contributed by atoms with Gasteiger partial charge in [0.2, 0.25) is 11.9 Å². The lowest BCUT2D eigenvalue weighted by Gasteiger charge is -2.23. The van der Waals surface area contributed by atoms with Crippen LogP contribution in [0.4, 0.5) is 5.95 Å². The van der Waals surface area contributed by atoms with Crippen LogP contribution in [0.15, 0.2) is 29.8 Å². The Labute approximate surface area is 218 Å². The van der Waals surface area contributed by atoms with Crippen LogP contribution < -0.4 is 10.6 Å². The summed E-state index contributed by atoms with van der Waals surface area (Å²) in [7, 11) is 0. The van der Waals surface area contributed by atoms with Gasteiger partial charge in [0.25, 0.3) is 5.91 Å². The largest absolute Gasteiger partial charge is 0.381 e. The molecule has 1 fully saturated rings. The van der Waals surface area contributed by atoms with Crippen molar-refractivity contribution in [2.24, 2.45) is 0 Å². The van der Waals surface area contributed by atoms with Crippen LogP contribution >= 0.6 is 22.9 Å². The first-order valence-electron chi connectivity index (χ1n) is 11.9. The zero-order valence-corrected chi connectivity index (χ0v) is 21.7. The van der Waals surface area contributed by atoms with Gasteiger partial charge in [0, 0.05) is 48.0 Å². The summed E-state index contributed by atoms with van der Waals surface area (Å²) in [6.07, 6.45) is 3.35. The second-order valence-corrected chi connectivity index (χ2v) is 10.4. The van der Waals surface area contributed by atoms with Crippen LogP contribution in [0.5, 0.6) is 0 Å². The van der Waals surface area contributed by atoms with Crippen LogP contribution in [0, 0.1) is 6.92 Å². The fraction of sp³-hybridized carbons (Fsp3) is 0.400. The van der Waals surface area contributed by atoms with Gasteiger partial charge >= 0.3 is 0 Å². The van der Waals surface area contributed by atoms with E-state index < -0.39 is 0 Å². The van der Waals surface area contributed by atoms with Crippen molar-refractivity contribution < 1.29 is 14.3 Å². The van der Waals surface area contributed by atoms with Crippen molar-refractivity contribution in [3.05, 3.63) is 56.6 Å². The average molecular weight is 527 g/mol. The highest BCUT2D eigenvalue weighted by Crippen LogP contribution is 2.31. The molecule has 1 aromatic carbocycles. The molecule has 1 atom stereocenters. The van der Waals surface area contributed by atoms with Crippen molar-refractivity contribution >= 4 is 40.7 Å². The molecule has 2 aromatic heterocycles.